The second-order valence-electron chi connectivity index (χ2n) is 3.14. The zero-order valence-electron chi connectivity index (χ0n) is 8.09. The Morgan fingerprint density at radius 1 is 1.57 bits per heavy atom. The van der Waals surface area contributed by atoms with Gasteiger partial charge in [-0.25, -0.2) is 4.98 Å². The maximum absolute atomic E-state index is 8.81. The maximum atomic E-state index is 8.81. The molecule has 1 heterocycles. The Labute approximate surface area is 92.8 Å². The van der Waals surface area contributed by atoms with E-state index < -0.39 is 0 Å². The van der Waals surface area contributed by atoms with Gasteiger partial charge in [-0.2, -0.15) is 0 Å². The minimum atomic E-state index is 0.0275. The summed E-state index contributed by atoms with van der Waals surface area (Å²) >= 11 is 11.6. The van der Waals surface area contributed by atoms with Crippen LogP contribution in [0.1, 0.15) is 12.6 Å². The Kier molecular flexibility index (Phi) is 4.19. The van der Waals surface area contributed by atoms with Gasteiger partial charge >= 0.3 is 0 Å². The highest BCUT2D eigenvalue weighted by molar-refractivity contribution is 6.32. The van der Waals surface area contributed by atoms with E-state index in [1.54, 1.807) is 11.6 Å². The van der Waals surface area contributed by atoms with E-state index in [1.807, 2.05) is 6.92 Å². The molecule has 1 atom stereocenters. The zero-order valence-corrected chi connectivity index (χ0v) is 9.60. The van der Waals surface area contributed by atoms with Crippen LogP contribution in [0.15, 0.2) is 0 Å². The van der Waals surface area contributed by atoms with Crippen molar-refractivity contribution in [2.24, 2.45) is 7.05 Å². The van der Waals surface area contributed by atoms with E-state index in [9.17, 15) is 0 Å². The average molecular weight is 238 g/mol. The number of aromatic nitrogens is 2. The molecule has 0 spiro atoms. The molecule has 0 saturated heterocycles. The SMILES string of the molecule is CC(CO)NCc1c(Cl)nc(Cl)n1C. The first-order chi connectivity index (χ1) is 6.56. The number of imidazole rings is 1. The summed E-state index contributed by atoms with van der Waals surface area (Å²) in [5, 5.41) is 12.7. The van der Waals surface area contributed by atoms with Crippen molar-refractivity contribution in [1.29, 1.82) is 0 Å². The molecule has 0 aliphatic rings. The van der Waals surface area contributed by atoms with Gasteiger partial charge in [0, 0.05) is 19.6 Å². The van der Waals surface area contributed by atoms with Gasteiger partial charge in [-0.15, -0.1) is 0 Å². The molecule has 0 saturated carbocycles. The first kappa shape index (κ1) is 11.8. The van der Waals surface area contributed by atoms with Gasteiger partial charge in [0.15, 0.2) is 5.15 Å². The van der Waals surface area contributed by atoms with Gasteiger partial charge < -0.3 is 15.0 Å². The molecule has 4 nitrogen and oxygen atoms in total. The molecule has 2 N–H and O–H groups in total. The Hall–Kier alpha value is -0.290. The summed E-state index contributed by atoms with van der Waals surface area (Å²) in [6.07, 6.45) is 0. The van der Waals surface area contributed by atoms with Crippen LogP contribution in [0.3, 0.4) is 0 Å². The van der Waals surface area contributed by atoms with Crippen LogP contribution in [0.25, 0.3) is 0 Å². The molecule has 0 aliphatic heterocycles. The van der Waals surface area contributed by atoms with Gasteiger partial charge in [0.05, 0.1) is 12.3 Å². The number of aliphatic hydroxyl groups is 1. The van der Waals surface area contributed by atoms with Crippen LogP contribution in [-0.4, -0.2) is 27.3 Å². The van der Waals surface area contributed by atoms with Crippen molar-refractivity contribution in [3.8, 4) is 0 Å². The lowest BCUT2D eigenvalue weighted by Crippen LogP contribution is -2.29. The molecule has 14 heavy (non-hydrogen) atoms. The number of hydrogen-bond acceptors (Lipinski definition) is 3. The summed E-state index contributed by atoms with van der Waals surface area (Å²) in [6, 6.07) is 0.0275. The molecule has 0 aliphatic carbocycles. The summed E-state index contributed by atoms with van der Waals surface area (Å²) in [4.78, 5) is 3.91. The van der Waals surface area contributed by atoms with Crippen LogP contribution >= 0.6 is 23.2 Å². The van der Waals surface area contributed by atoms with E-state index in [2.05, 4.69) is 10.3 Å². The first-order valence-corrected chi connectivity index (χ1v) is 5.02. The van der Waals surface area contributed by atoms with E-state index in [0.717, 1.165) is 5.69 Å². The highest BCUT2D eigenvalue weighted by Crippen LogP contribution is 2.18. The molecule has 0 aromatic carbocycles. The molecule has 1 rings (SSSR count). The smallest absolute Gasteiger partial charge is 0.204 e. The number of nitrogens with one attached hydrogen (secondary N) is 1. The predicted octanol–water partition coefficient (Wildman–Crippen LogP) is 1.20. The van der Waals surface area contributed by atoms with Crippen LogP contribution in [0.4, 0.5) is 0 Å². The second-order valence-corrected chi connectivity index (χ2v) is 3.84. The maximum Gasteiger partial charge on any atom is 0.204 e. The summed E-state index contributed by atoms with van der Waals surface area (Å²) < 4.78 is 1.71. The lowest BCUT2D eigenvalue weighted by molar-refractivity contribution is 0.250. The van der Waals surface area contributed by atoms with E-state index in [-0.39, 0.29) is 12.6 Å². The third-order valence-electron chi connectivity index (χ3n) is 2.00. The fourth-order valence-electron chi connectivity index (χ4n) is 0.997. The van der Waals surface area contributed by atoms with E-state index in [0.29, 0.717) is 17.0 Å². The van der Waals surface area contributed by atoms with Gasteiger partial charge in [0.25, 0.3) is 0 Å². The highest BCUT2D eigenvalue weighted by Gasteiger charge is 2.11. The highest BCUT2D eigenvalue weighted by atomic mass is 35.5. The number of nitrogens with zero attached hydrogens (tertiary/aromatic N) is 2. The summed E-state index contributed by atoms with van der Waals surface area (Å²) in [5.74, 6) is 0. The van der Waals surface area contributed by atoms with Crippen molar-refractivity contribution < 1.29 is 5.11 Å². The van der Waals surface area contributed by atoms with Crippen molar-refractivity contribution >= 4 is 23.2 Å². The van der Waals surface area contributed by atoms with Crippen molar-refractivity contribution in [3.63, 3.8) is 0 Å². The molecule has 0 radical (unpaired) electrons. The van der Waals surface area contributed by atoms with Crippen LogP contribution in [-0.2, 0) is 13.6 Å². The molecular weight excluding hydrogens is 225 g/mol. The molecule has 0 bridgehead atoms. The fraction of sp³-hybridized carbons (Fsp3) is 0.625. The van der Waals surface area contributed by atoms with Gasteiger partial charge in [-0.3, -0.25) is 0 Å². The lowest BCUT2D eigenvalue weighted by Gasteiger charge is -2.10. The van der Waals surface area contributed by atoms with Crippen LogP contribution in [0.2, 0.25) is 10.4 Å². The minimum Gasteiger partial charge on any atom is -0.395 e. The van der Waals surface area contributed by atoms with E-state index >= 15 is 0 Å². The third-order valence-corrected chi connectivity index (χ3v) is 2.64. The normalized spacial score (nSPS) is 13.2. The molecule has 0 fully saturated rings. The lowest BCUT2D eigenvalue weighted by atomic mass is 10.3. The molecular formula is C8H13Cl2N3O. The molecule has 1 aromatic heterocycles. The molecule has 0 amide bonds. The number of rotatable bonds is 4. The summed E-state index contributed by atoms with van der Waals surface area (Å²) in [7, 11) is 1.79. The zero-order chi connectivity index (χ0) is 10.7. The van der Waals surface area contributed by atoms with Gasteiger partial charge in [0.1, 0.15) is 0 Å². The third kappa shape index (κ3) is 2.60. The first-order valence-electron chi connectivity index (χ1n) is 4.27. The number of halogens is 2. The second kappa shape index (κ2) is 4.98. The van der Waals surface area contributed by atoms with Crippen LogP contribution < -0.4 is 5.32 Å². The van der Waals surface area contributed by atoms with Crippen molar-refractivity contribution in [1.82, 2.24) is 14.9 Å². The Bertz CT molecular complexity index is 314. The van der Waals surface area contributed by atoms with Crippen LogP contribution in [0.5, 0.6) is 0 Å². The van der Waals surface area contributed by atoms with E-state index in [4.69, 9.17) is 28.3 Å². The monoisotopic (exact) mass is 237 g/mol. The van der Waals surface area contributed by atoms with Crippen molar-refractivity contribution in [2.75, 3.05) is 6.61 Å². The fourth-order valence-corrected chi connectivity index (χ4v) is 1.50. The summed E-state index contributed by atoms with van der Waals surface area (Å²) in [5.41, 5.74) is 0.817. The average Bonchev–Trinajstić information content (AvgIpc) is 2.39. The largest absolute Gasteiger partial charge is 0.395 e. The van der Waals surface area contributed by atoms with E-state index in [1.165, 1.54) is 0 Å². The Morgan fingerprint density at radius 2 is 2.21 bits per heavy atom. The number of hydrogen-bond donors (Lipinski definition) is 2. The van der Waals surface area contributed by atoms with Crippen molar-refractivity contribution in [2.45, 2.75) is 19.5 Å². The molecule has 1 unspecified atom stereocenters. The summed E-state index contributed by atoms with van der Waals surface area (Å²) in [6.45, 7) is 2.51. The minimum absolute atomic E-state index is 0.0275. The van der Waals surface area contributed by atoms with Gasteiger partial charge in [0.2, 0.25) is 5.28 Å². The van der Waals surface area contributed by atoms with Gasteiger partial charge in [-0.1, -0.05) is 11.6 Å². The van der Waals surface area contributed by atoms with Crippen molar-refractivity contribution in [3.05, 3.63) is 16.1 Å². The molecule has 1 aromatic rings. The molecule has 6 heteroatoms. The molecule has 80 valence electrons. The predicted molar refractivity (Wildman–Crippen MR) is 56.6 cm³/mol. The topological polar surface area (TPSA) is 50.1 Å². The quantitative estimate of drug-likeness (QED) is 0.828. The van der Waals surface area contributed by atoms with Crippen LogP contribution in [0, 0.1) is 0 Å². The Morgan fingerprint density at radius 3 is 2.64 bits per heavy atom. The number of aliphatic hydroxyl groups excluding tert-OH is 1. The Balaban J connectivity index is 2.67. The standard InChI is InChI=1S/C8H13Cl2N3O/c1-5(4-14)11-3-6-7(9)12-8(10)13(6)2/h5,11,14H,3-4H2,1-2H3. The van der Waals surface area contributed by atoms with Gasteiger partial charge in [-0.05, 0) is 18.5 Å².